The third-order valence-electron chi connectivity index (χ3n) is 3.23. The topological polar surface area (TPSA) is 57.6 Å². The Hall–Kier alpha value is -1.39. The van der Waals surface area contributed by atoms with E-state index in [-0.39, 0.29) is 6.61 Å². The fraction of sp³-hybridized carbons (Fsp3) is 0.429. The zero-order chi connectivity index (χ0) is 13.8. The molecule has 0 atom stereocenters. The van der Waals surface area contributed by atoms with E-state index < -0.39 is 11.7 Å². The number of ketones is 1. The monoisotopic (exact) mass is 281 g/mol. The number of nitrogens with zero attached hydrogens (tertiary/aromatic N) is 1. The van der Waals surface area contributed by atoms with Gasteiger partial charge in [0.1, 0.15) is 0 Å². The molecule has 1 aliphatic rings. The first-order valence-electron chi connectivity index (χ1n) is 6.42. The van der Waals surface area contributed by atoms with Gasteiger partial charge in [-0.1, -0.05) is 30.5 Å². The number of carbonyl (C=O) groups excluding carboxylic acids is 2. The lowest BCUT2D eigenvalue weighted by Gasteiger charge is -2.17. The molecule has 0 aromatic heterocycles. The largest absolute Gasteiger partial charge is 0.396 e. The van der Waals surface area contributed by atoms with Crippen LogP contribution in [0.1, 0.15) is 36.0 Å². The Balaban J connectivity index is 2.06. The SMILES string of the molecule is O=C1C(=O)N(CCCCCCO)c2c(Cl)cccc21. The van der Waals surface area contributed by atoms with Gasteiger partial charge in [0.2, 0.25) is 0 Å². The van der Waals surface area contributed by atoms with Crippen molar-refractivity contribution >= 4 is 29.0 Å². The number of halogens is 1. The van der Waals surface area contributed by atoms with E-state index in [1.165, 1.54) is 4.90 Å². The average molecular weight is 282 g/mol. The number of fused-ring (bicyclic) bond motifs is 1. The van der Waals surface area contributed by atoms with Crippen LogP contribution in [-0.2, 0) is 4.79 Å². The predicted octanol–water partition coefficient (Wildman–Crippen LogP) is 2.42. The second-order valence-electron chi connectivity index (χ2n) is 4.56. The predicted molar refractivity (Wildman–Crippen MR) is 73.7 cm³/mol. The van der Waals surface area contributed by atoms with Crippen molar-refractivity contribution in [2.45, 2.75) is 25.7 Å². The molecule has 2 rings (SSSR count). The van der Waals surface area contributed by atoms with Crippen LogP contribution in [0.15, 0.2) is 18.2 Å². The Morgan fingerprint density at radius 2 is 1.84 bits per heavy atom. The number of rotatable bonds is 6. The molecule has 0 unspecified atom stereocenters. The first-order valence-corrected chi connectivity index (χ1v) is 6.80. The van der Waals surface area contributed by atoms with Crippen molar-refractivity contribution in [3.05, 3.63) is 28.8 Å². The molecule has 1 aromatic rings. The van der Waals surface area contributed by atoms with Crippen molar-refractivity contribution in [2.75, 3.05) is 18.1 Å². The molecule has 1 N–H and O–H groups in total. The molecule has 1 heterocycles. The standard InChI is InChI=1S/C14H16ClNO3/c15-11-7-5-6-10-12(11)16(14(19)13(10)18)8-3-1-2-4-9-17/h5-7,17H,1-4,8-9H2. The summed E-state index contributed by atoms with van der Waals surface area (Å²) in [7, 11) is 0. The number of amides is 1. The van der Waals surface area contributed by atoms with Gasteiger partial charge in [-0.2, -0.15) is 0 Å². The first-order chi connectivity index (χ1) is 9.16. The number of carbonyl (C=O) groups is 2. The Morgan fingerprint density at radius 1 is 1.11 bits per heavy atom. The van der Waals surface area contributed by atoms with E-state index in [0.29, 0.717) is 22.8 Å². The lowest BCUT2D eigenvalue weighted by molar-refractivity contribution is -0.114. The third-order valence-corrected chi connectivity index (χ3v) is 3.54. The second kappa shape index (κ2) is 6.17. The smallest absolute Gasteiger partial charge is 0.299 e. The van der Waals surface area contributed by atoms with E-state index in [4.69, 9.17) is 16.7 Å². The Bertz CT molecular complexity index is 501. The first kappa shape index (κ1) is 14.0. The summed E-state index contributed by atoms with van der Waals surface area (Å²) in [6, 6.07) is 5.00. The third kappa shape index (κ3) is 2.80. The molecule has 0 radical (unpaired) electrons. The molecule has 1 amide bonds. The van der Waals surface area contributed by atoms with Crippen LogP contribution in [-0.4, -0.2) is 29.9 Å². The fourth-order valence-electron chi connectivity index (χ4n) is 2.26. The van der Waals surface area contributed by atoms with Crippen molar-refractivity contribution < 1.29 is 14.7 Å². The highest BCUT2D eigenvalue weighted by atomic mass is 35.5. The van der Waals surface area contributed by atoms with E-state index in [1.54, 1.807) is 18.2 Å². The minimum Gasteiger partial charge on any atom is -0.396 e. The maximum Gasteiger partial charge on any atom is 0.299 e. The normalized spacial score (nSPS) is 14.1. The van der Waals surface area contributed by atoms with Gasteiger partial charge in [0, 0.05) is 13.2 Å². The summed E-state index contributed by atoms with van der Waals surface area (Å²) >= 11 is 6.08. The number of aliphatic hydroxyl groups is 1. The van der Waals surface area contributed by atoms with Gasteiger partial charge in [0.25, 0.3) is 11.7 Å². The quantitative estimate of drug-likeness (QED) is 0.643. The van der Waals surface area contributed by atoms with Gasteiger partial charge in [-0.05, 0) is 25.0 Å². The van der Waals surface area contributed by atoms with Crippen LogP contribution < -0.4 is 4.90 Å². The Morgan fingerprint density at radius 3 is 2.58 bits per heavy atom. The minimum atomic E-state index is -0.495. The van der Waals surface area contributed by atoms with Gasteiger partial charge in [-0.3, -0.25) is 9.59 Å². The number of aliphatic hydroxyl groups excluding tert-OH is 1. The molecule has 19 heavy (non-hydrogen) atoms. The number of benzene rings is 1. The summed E-state index contributed by atoms with van der Waals surface area (Å²) in [6.45, 7) is 0.683. The summed E-state index contributed by atoms with van der Waals surface area (Å²) in [5.74, 6) is -0.974. The minimum absolute atomic E-state index is 0.190. The number of hydrogen-bond acceptors (Lipinski definition) is 3. The van der Waals surface area contributed by atoms with E-state index >= 15 is 0 Å². The summed E-state index contributed by atoms with van der Waals surface area (Å²) in [4.78, 5) is 25.2. The Labute approximate surface area is 117 Å². The van der Waals surface area contributed by atoms with E-state index in [9.17, 15) is 9.59 Å². The zero-order valence-corrected chi connectivity index (χ0v) is 11.3. The molecular weight excluding hydrogens is 266 g/mol. The molecular formula is C14H16ClNO3. The number of unbranched alkanes of at least 4 members (excludes halogenated alkanes) is 3. The van der Waals surface area contributed by atoms with Crippen LogP contribution >= 0.6 is 11.6 Å². The summed E-state index contributed by atoms with van der Waals surface area (Å²) in [6.07, 6.45) is 3.40. The van der Waals surface area contributed by atoms with Crippen LogP contribution in [0.25, 0.3) is 0 Å². The van der Waals surface area contributed by atoms with Crippen LogP contribution in [0.4, 0.5) is 5.69 Å². The van der Waals surface area contributed by atoms with Gasteiger partial charge < -0.3 is 10.0 Å². The maximum atomic E-state index is 11.9. The van der Waals surface area contributed by atoms with Gasteiger partial charge in [0.15, 0.2) is 0 Å². The number of hydrogen-bond donors (Lipinski definition) is 1. The van der Waals surface area contributed by atoms with Crippen molar-refractivity contribution in [1.29, 1.82) is 0 Å². The van der Waals surface area contributed by atoms with Crippen molar-refractivity contribution in [2.24, 2.45) is 0 Å². The zero-order valence-electron chi connectivity index (χ0n) is 10.6. The molecule has 5 heteroatoms. The van der Waals surface area contributed by atoms with Gasteiger partial charge in [0.05, 0.1) is 16.3 Å². The van der Waals surface area contributed by atoms with Crippen LogP contribution in [0.5, 0.6) is 0 Å². The van der Waals surface area contributed by atoms with Crippen molar-refractivity contribution in [3.8, 4) is 0 Å². The van der Waals surface area contributed by atoms with Gasteiger partial charge >= 0.3 is 0 Å². The highest BCUT2D eigenvalue weighted by Gasteiger charge is 2.36. The molecule has 4 nitrogen and oxygen atoms in total. The highest BCUT2D eigenvalue weighted by molar-refractivity contribution is 6.54. The number of para-hydroxylation sites is 1. The van der Waals surface area contributed by atoms with Crippen LogP contribution in [0.3, 0.4) is 0 Å². The number of Topliss-reactive ketones (excluding diaryl/α,β-unsaturated/α-hetero) is 1. The van der Waals surface area contributed by atoms with Gasteiger partial charge in [-0.25, -0.2) is 0 Å². The van der Waals surface area contributed by atoms with Crippen LogP contribution in [0, 0.1) is 0 Å². The fourth-order valence-corrected chi connectivity index (χ4v) is 2.54. The molecule has 0 aliphatic carbocycles. The average Bonchev–Trinajstić information content (AvgIpc) is 2.65. The molecule has 0 fully saturated rings. The molecule has 0 saturated heterocycles. The summed E-state index contributed by atoms with van der Waals surface area (Å²) in [5, 5.41) is 9.13. The summed E-state index contributed by atoms with van der Waals surface area (Å²) < 4.78 is 0. The lowest BCUT2D eigenvalue weighted by atomic mass is 10.1. The molecule has 0 bridgehead atoms. The van der Waals surface area contributed by atoms with Crippen molar-refractivity contribution in [3.63, 3.8) is 0 Å². The maximum absolute atomic E-state index is 11.9. The second-order valence-corrected chi connectivity index (χ2v) is 4.97. The van der Waals surface area contributed by atoms with E-state index in [0.717, 1.165) is 25.7 Å². The summed E-state index contributed by atoms with van der Waals surface area (Å²) in [5.41, 5.74) is 0.939. The molecule has 102 valence electrons. The van der Waals surface area contributed by atoms with Gasteiger partial charge in [-0.15, -0.1) is 0 Å². The molecule has 1 aliphatic heterocycles. The number of anilines is 1. The van der Waals surface area contributed by atoms with E-state index in [2.05, 4.69) is 0 Å². The van der Waals surface area contributed by atoms with Crippen molar-refractivity contribution in [1.82, 2.24) is 0 Å². The molecule has 0 spiro atoms. The highest BCUT2D eigenvalue weighted by Crippen LogP contribution is 2.35. The Kier molecular flexibility index (Phi) is 4.56. The lowest BCUT2D eigenvalue weighted by Crippen LogP contribution is -2.30. The molecule has 0 saturated carbocycles. The van der Waals surface area contributed by atoms with E-state index in [1.807, 2.05) is 0 Å². The van der Waals surface area contributed by atoms with Crippen LogP contribution in [0.2, 0.25) is 5.02 Å². The molecule has 1 aromatic carbocycles.